The van der Waals surface area contributed by atoms with Gasteiger partial charge in [-0.3, -0.25) is 4.79 Å². The highest BCUT2D eigenvalue weighted by atomic mass is 19.4. The lowest BCUT2D eigenvalue weighted by Crippen LogP contribution is -2.17. The second-order valence-electron chi connectivity index (χ2n) is 4.07. The Bertz CT molecular complexity index is 709. The van der Waals surface area contributed by atoms with E-state index in [-0.39, 0.29) is 11.1 Å². The number of nitrogens with one attached hydrogen (secondary N) is 1. The van der Waals surface area contributed by atoms with Gasteiger partial charge in [-0.1, -0.05) is 17.3 Å². The molecule has 116 valence electrons. The summed E-state index contributed by atoms with van der Waals surface area (Å²) in [4.78, 5) is 23.6. The maximum atomic E-state index is 12.4. The topological polar surface area (TPSA) is 81.4 Å². The number of carbonyl (C=O) groups excluding carboxylic acids is 2. The molecule has 1 heterocycles. The second kappa shape index (κ2) is 5.88. The number of amides is 1. The number of hydrogen-bond acceptors (Lipinski definition) is 5. The van der Waals surface area contributed by atoms with Crippen LogP contribution in [0.5, 0.6) is 0 Å². The van der Waals surface area contributed by atoms with Crippen molar-refractivity contribution in [1.82, 2.24) is 5.16 Å². The number of carbonyl (C=O) groups is 2. The van der Waals surface area contributed by atoms with Gasteiger partial charge in [-0.25, -0.2) is 4.79 Å². The van der Waals surface area contributed by atoms with Crippen molar-refractivity contribution in [3.8, 4) is 0 Å². The molecule has 2 aromatic rings. The van der Waals surface area contributed by atoms with E-state index in [1.54, 1.807) is 0 Å². The van der Waals surface area contributed by atoms with Crippen LogP contribution >= 0.6 is 0 Å². The molecule has 0 aliphatic rings. The van der Waals surface area contributed by atoms with Gasteiger partial charge in [0, 0.05) is 6.07 Å². The van der Waals surface area contributed by atoms with Crippen LogP contribution in [0, 0.1) is 0 Å². The van der Waals surface area contributed by atoms with E-state index in [1.165, 1.54) is 24.3 Å². The third-order valence-corrected chi connectivity index (χ3v) is 2.61. The van der Waals surface area contributed by atoms with Crippen LogP contribution in [-0.2, 0) is 10.9 Å². The molecule has 0 aliphatic heterocycles. The molecule has 6 nitrogen and oxygen atoms in total. The molecule has 1 aromatic carbocycles. The van der Waals surface area contributed by atoms with Crippen molar-refractivity contribution in [2.24, 2.45) is 0 Å². The Hall–Kier alpha value is -2.84. The molecule has 0 spiro atoms. The Labute approximate surface area is 121 Å². The summed E-state index contributed by atoms with van der Waals surface area (Å²) >= 11 is 0. The van der Waals surface area contributed by atoms with Crippen LogP contribution in [0.15, 0.2) is 34.9 Å². The number of aromatic nitrogens is 1. The Kier molecular flexibility index (Phi) is 4.15. The van der Waals surface area contributed by atoms with Crippen molar-refractivity contribution in [2.75, 3.05) is 12.4 Å². The Balaban J connectivity index is 2.23. The monoisotopic (exact) mass is 314 g/mol. The first-order valence-electron chi connectivity index (χ1n) is 5.85. The Morgan fingerprint density at radius 3 is 2.41 bits per heavy atom. The Morgan fingerprint density at radius 2 is 1.86 bits per heavy atom. The minimum atomic E-state index is -4.71. The van der Waals surface area contributed by atoms with Crippen LogP contribution in [0.2, 0.25) is 0 Å². The molecule has 0 saturated heterocycles. The summed E-state index contributed by atoms with van der Waals surface area (Å²) in [6.45, 7) is 0. The molecular weight excluding hydrogens is 305 g/mol. The molecule has 1 aromatic heterocycles. The van der Waals surface area contributed by atoms with Crippen molar-refractivity contribution in [3.63, 3.8) is 0 Å². The standard InChI is InChI=1S/C13H9F3N2O4/c1-21-12(20)8-5-3-2-4-7(8)11(19)17-10-6-9(22-18-10)13(14,15)16/h2-6H,1H3,(H,17,18,19). The fourth-order valence-electron chi connectivity index (χ4n) is 1.62. The third kappa shape index (κ3) is 3.25. The Morgan fingerprint density at radius 1 is 1.23 bits per heavy atom. The predicted octanol–water partition coefficient (Wildman–Crippen LogP) is 2.73. The van der Waals surface area contributed by atoms with E-state index in [9.17, 15) is 22.8 Å². The molecule has 0 fully saturated rings. The largest absolute Gasteiger partial charge is 0.465 e. The molecule has 1 amide bonds. The van der Waals surface area contributed by atoms with E-state index in [0.717, 1.165) is 7.11 Å². The van der Waals surface area contributed by atoms with Crippen LogP contribution in [0.25, 0.3) is 0 Å². The average Bonchev–Trinajstić information content (AvgIpc) is 2.95. The molecular formula is C13H9F3N2O4. The van der Waals surface area contributed by atoms with Gasteiger partial charge >= 0.3 is 12.1 Å². The number of nitrogens with zero attached hydrogens (tertiary/aromatic N) is 1. The number of ether oxygens (including phenoxy) is 1. The molecule has 22 heavy (non-hydrogen) atoms. The SMILES string of the molecule is COC(=O)c1ccccc1C(=O)Nc1cc(C(F)(F)F)on1. The van der Waals surface area contributed by atoms with Gasteiger partial charge in [0.25, 0.3) is 5.91 Å². The number of rotatable bonds is 3. The fourth-order valence-corrected chi connectivity index (χ4v) is 1.62. The predicted molar refractivity (Wildman–Crippen MR) is 67.2 cm³/mol. The van der Waals surface area contributed by atoms with Crippen LogP contribution in [0.3, 0.4) is 0 Å². The highest BCUT2D eigenvalue weighted by Crippen LogP contribution is 2.30. The van der Waals surface area contributed by atoms with Gasteiger partial charge in [-0.2, -0.15) is 13.2 Å². The fraction of sp³-hybridized carbons (Fsp3) is 0.154. The van der Waals surface area contributed by atoms with Crippen molar-refractivity contribution < 1.29 is 32.0 Å². The number of halogens is 3. The summed E-state index contributed by atoms with van der Waals surface area (Å²) in [5.41, 5.74) is -0.0899. The zero-order valence-corrected chi connectivity index (χ0v) is 11.1. The second-order valence-corrected chi connectivity index (χ2v) is 4.07. The van der Waals surface area contributed by atoms with Crippen molar-refractivity contribution in [3.05, 3.63) is 47.2 Å². The molecule has 0 bridgehead atoms. The molecule has 9 heteroatoms. The third-order valence-electron chi connectivity index (χ3n) is 2.61. The van der Waals surface area contributed by atoms with Crippen LogP contribution < -0.4 is 5.32 Å². The first-order chi connectivity index (χ1) is 10.3. The number of anilines is 1. The summed E-state index contributed by atoms with van der Waals surface area (Å²) in [6, 6.07) is 6.22. The highest BCUT2D eigenvalue weighted by Gasteiger charge is 2.36. The molecule has 1 N–H and O–H groups in total. The minimum Gasteiger partial charge on any atom is -0.465 e. The number of esters is 1. The smallest absolute Gasteiger partial charge is 0.452 e. The lowest BCUT2D eigenvalue weighted by molar-refractivity contribution is -0.155. The quantitative estimate of drug-likeness (QED) is 0.881. The molecule has 0 radical (unpaired) electrons. The summed E-state index contributed by atoms with van der Waals surface area (Å²) in [7, 11) is 1.14. The van der Waals surface area contributed by atoms with Crippen LogP contribution in [0.4, 0.5) is 19.0 Å². The van der Waals surface area contributed by atoms with Crippen molar-refractivity contribution in [1.29, 1.82) is 0 Å². The van der Waals surface area contributed by atoms with E-state index >= 15 is 0 Å². The van der Waals surface area contributed by atoms with Crippen LogP contribution in [-0.4, -0.2) is 24.1 Å². The van der Waals surface area contributed by atoms with Gasteiger partial charge in [-0.15, -0.1) is 0 Å². The van der Waals surface area contributed by atoms with Gasteiger partial charge in [0.15, 0.2) is 5.82 Å². The lowest BCUT2D eigenvalue weighted by atomic mass is 10.1. The summed E-state index contributed by atoms with van der Waals surface area (Å²) in [6.07, 6.45) is -4.71. The van der Waals surface area contributed by atoms with Crippen LogP contribution in [0.1, 0.15) is 26.5 Å². The maximum Gasteiger partial charge on any atom is 0.452 e. The normalized spacial score (nSPS) is 11.1. The number of hydrogen-bond donors (Lipinski definition) is 1. The first-order valence-corrected chi connectivity index (χ1v) is 5.85. The van der Waals surface area contributed by atoms with E-state index in [2.05, 4.69) is 19.7 Å². The molecule has 0 saturated carbocycles. The number of alkyl halides is 3. The minimum absolute atomic E-state index is 0.0259. The van der Waals surface area contributed by atoms with E-state index in [1.807, 2.05) is 0 Å². The van der Waals surface area contributed by atoms with E-state index in [0.29, 0.717) is 6.07 Å². The van der Waals surface area contributed by atoms with Gasteiger partial charge < -0.3 is 14.6 Å². The molecule has 0 unspecified atom stereocenters. The zero-order valence-electron chi connectivity index (χ0n) is 11.1. The summed E-state index contributed by atoms with van der Waals surface area (Å²) in [5.74, 6) is -3.33. The molecule has 0 aliphatic carbocycles. The summed E-state index contributed by atoms with van der Waals surface area (Å²) in [5, 5.41) is 5.22. The van der Waals surface area contributed by atoms with E-state index < -0.39 is 29.6 Å². The highest BCUT2D eigenvalue weighted by molar-refractivity contribution is 6.10. The lowest BCUT2D eigenvalue weighted by Gasteiger charge is -2.06. The van der Waals surface area contributed by atoms with Gasteiger partial charge in [0.2, 0.25) is 5.76 Å². The van der Waals surface area contributed by atoms with Gasteiger partial charge in [0.05, 0.1) is 18.2 Å². The summed E-state index contributed by atoms with van der Waals surface area (Å²) < 4.78 is 45.7. The number of benzene rings is 1. The van der Waals surface area contributed by atoms with Crippen molar-refractivity contribution >= 4 is 17.7 Å². The van der Waals surface area contributed by atoms with E-state index in [4.69, 9.17) is 0 Å². The van der Waals surface area contributed by atoms with Crippen molar-refractivity contribution in [2.45, 2.75) is 6.18 Å². The average molecular weight is 314 g/mol. The zero-order chi connectivity index (χ0) is 16.3. The number of methoxy groups -OCH3 is 1. The first kappa shape index (κ1) is 15.5. The maximum absolute atomic E-state index is 12.4. The molecule has 0 atom stereocenters. The molecule has 2 rings (SSSR count). The van der Waals surface area contributed by atoms with Gasteiger partial charge in [-0.05, 0) is 12.1 Å². The van der Waals surface area contributed by atoms with Gasteiger partial charge in [0.1, 0.15) is 0 Å².